The zero-order valence-electron chi connectivity index (χ0n) is 16.0. The minimum atomic E-state index is -1.20. The van der Waals surface area contributed by atoms with Crippen LogP contribution in [-0.2, 0) is 19.1 Å². The van der Waals surface area contributed by atoms with E-state index in [1.165, 1.54) is 0 Å². The first-order valence-corrected chi connectivity index (χ1v) is 9.21. The molecule has 2 heterocycles. The molecule has 7 heteroatoms. The van der Waals surface area contributed by atoms with E-state index in [0.29, 0.717) is 25.6 Å². The Balaban J connectivity index is 2.18. The van der Waals surface area contributed by atoms with Crippen LogP contribution in [0.4, 0.5) is 0 Å². The number of hydrogen-bond acceptors (Lipinski definition) is 7. The van der Waals surface area contributed by atoms with Gasteiger partial charge in [-0.1, -0.05) is 0 Å². The Morgan fingerprint density at radius 3 is 2.52 bits per heavy atom. The Labute approximate surface area is 150 Å². The van der Waals surface area contributed by atoms with Crippen molar-refractivity contribution < 1.29 is 19.1 Å². The maximum absolute atomic E-state index is 12.7. The van der Waals surface area contributed by atoms with Gasteiger partial charge < -0.3 is 20.5 Å². The van der Waals surface area contributed by atoms with Crippen molar-refractivity contribution in [2.24, 2.45) is 11.7 Å². The maximum atomic E-state index is 12.7. The average molecular weight is 355 g/mol. The summed E-state index contributed by atoms with van der Waals surface area (Å²) in [6.07, 6.45) is 1.92. The Bertz CT molecular complexity index is 485. The Kier molecular flexibility index (Phi) is 6.59. The molecule has 25 heavy (non-hydrogen) atoms. The minimum absolute atomic E-state index is 0.0370. The first-order valence-electron chi connectivity index (χ1n) is 9.21. The van der Waals surface area contributed by atoms with Gasteiger partial charge in [-0.25, -0.2) is 4.79 Å². The molecule has 0 bridgehead atoms. The van der Waals surface area contributed by atoms with E-state index in [4.69, 9.17) is 15.2 Å². The fourth-order valence-electron chi connectivity index (χ4n) is 3.80. The molecule has 2 fully saturated rings. The summed E-state index contributed by atoms with van der Waals surface area (Å²) in [5, 5.41) is 3.33. The lowest BCUT2D eigenvalue weighted by Gasteiger charge is -2.46. The van der Waals surface area contributed by atoms with Crippen LogP contribution in [0.5, 0.6) is 0 Å². The molecule has 2 atom stereocenters. The van der Waals surface area contributed by atoms with Crippen molar-refractivity contribution in [1.29, 1.82) is 0 Å². The van der Waals surface area contributed by atoms with Crippen LogP contribution in [0.1, 0.15) is 40.5 Å². The van der Waals surface area contributed by atoms with Crippen LogP contribution in [0.2, 0.25) is 0 Å². The normalized spacial score (nSPS) is 27.7. The number of rotatable bonds is 5. The molecule has 2 unspecified atom stereocenters. The Morgan fingerprint density at radius 2 is 2.00 bits per heavy atom. The van der Waals surface area contributed by atoms with Gasteiger partial charge in [0, 0.05) is 19.6 Å². The highest BCUT2D eigenvalue weighted by molar-refractivity contribution is 5.83. The summed E-state index contributed by atoms with van der Waals surface area (Å²) < 4.78 is 11.3. The smallest absolute Gasteiger partial charge is 0.341 e. The van der Waals surface area contributed by atoms with Gasteiger partial charge in [-0.15, -0.1) is 0 Å². The number of carbonyl (C=O) groups is 2. The monoisotopic (exact) mass is 355 g/mol. The first-order chi connectivity index (χ1) is 11.7. The first kappa shape index (κ1) is 20.3. The molecule has 2 aliphatic heterocycles. The zero-order chi connectivity index (χ0) is 18.7. The number of nitrogens with two attached hydrogens (primary N) is 1. The third kappa shape index (κ3) is 5.00. The summed E-state index contributed by atoms with van der Waals surface area (Å²) in [5.74, 6) is -0.00492. The molecule has 0 aliphatic carbocycles. The summed E-state index contributed by atoms with van der Waals surface area (Å²) >= 11 is 0. The largest absolute Gasteiger partial charge is 0.458 e. The summed E-state index contributed by atoms with van der Waals surface area (Å²) in [4.78, 5) is 27.2. The van der Waals surface area contributed by atoms with Crippen LogP contribution in [0, 0.1) is 5.92 Å². The number of piperidine rings is 1. The quantitative estimate of drug-likeness (QED) is 0.686. The third-order valence-corrected chi connectivity index (χ3v) is 4.96. The van der Waals surface area contributed by atoms with Gasteiger partial charge in [-0.05, 0) is 59.5 Å². The highest BCUT2D eigenvalue weighted by atomic mass is 16.6. The molecule has 0 aromatic heterocycles. The van der Waals surface area contributed by atoms with Crippen LogP contribution >= 0.6 is 0 Å². The standard InChI is InChI=1S/C18H33N3O4/c1-13(22)15(14-5-7-20-8-6-14)21-9-10-24-18(11-19,12-21)16(23)25-17(2,3)4/h14-15,20H,5-12,19H2,1-4H3. The van der Waals surface area contributed by atoms with Gasteiger partial charge in [-0.2, -0.15) is 0 Å². The minimum Gasteiger partial charge on any atom is -0.458 e. The maximum Gasteiger partial charge on any atom is 0.341 e. The van der Waals surface area contributed by atoms with Crippen molar-refractivity contribution in [1.82, 2.24) is 10.2 Å². The highest BCUT2D eigenvalue weighted by Crippen LogP contribution is 2.28. The van der Waals surface area contributed by atoms with E-state index in [2.05, 4.69) is 10.2 Å². The van der Waals surface area contributed by atoms with Gasteiger partial charge in [0.2, 0.25) is 0 Å². The second kappa shape index (κ2) is 8.12. The fraction of sp³-hybridized carbons (Fsp3) is 0.889. The second-order valence-corrected chi connectivity index (χ2v) is 8.16. The van der Waals surface area contributed by atoms with Crippen molar-refractivity contribution in [3.8, 4) is 0 Å². The number of Topliss-reactive ketones (excluding diaryl/α,β-unsaturated/α-hetero) is 1. The SMILES string of the molecule is CC(=O)C(C1CCNCC1)N1CCOC(CN)(C(=O)OC(C)(C)C)C1. The number of nitrogens with zero attached hydrogens (tertiary/aromatic N) is 1. The Morgan fingerprint density at radius 1 is 1.36 bits per heavy atom. The summed E-state index contributed by atoms with van der Waals surface area (Å²) in [6, 6.07) is -0.195. The van der Waals surface area contributed by atoms with Crippen LogP contribution < -0.4 is 11.1 Å². The molecule has 7 nitrogen and oxygen atoms in total. The van der Waals surface area contributed by atoms with Crippen LogP contribution in [-0.4, -0.2) is 73.2 Å². The molecular formula is C18H33N3O4. The van der Waals surface area contributed by atoms with Gasteiger partial charge in [0.25, 0.3) is 0 Å². The summed E-state index contributed by atoms with van der Waals surface area (Å²) in [7, 11) is 0. The molecule has 3 N–H and O–H groups in total. The van der Waals surface area contributed by atoms with E-state index in [9.17, 15) is 9.59 Å². The van der Waals surface area contributed by atoms with Crippen LogP contribution in [0.25, 0.3) is 0 Å². The number of hydrogen-bond donors (Lipinski definition) is 2. The number of nitrogens with one attached hydrogen (secondary N) is 1. The third-order valence-electron chi connectivity index (χ3n) is 4.96. The molecule has 0 spiro atoms. The highest BCUT2D eigenvalue weighted by Gasteiger charge is 2.48. The molecule has 0 radical (unpaired) electrons. The fourth-order valence-corrected chi connectivity index (χ4v) is 3.80. The lowest BCUT2D eigenvalue weighted by molar-refractivity contribution is -0.196. The van der Waals surface area contributed by atoms with Gasteiger partial charge in [0.05, 0.1) is 12.6 Å². The molecule has 0 amide bonds. The Hall–Kier alpha value is -1.02. The average Bonchev–Trinajstić information content (AvgIpc) is 2.54. The lowest BCUT2D eigenvalue weighted by Crippen LogP contribution is -2.65. The molecule has 0 aromatic rings. The molecule has 144 valence electrons. The lowest BCUT2D eigenvalue weighted by atomic mass is 9.85. The number of esters is 1. The molecular weight excluding hydrogens is 322 g/mol. The van der Waals surface area contributed by atoms with Gasteiger partial charge >= 0.3 is 5.97 Å². The summed E-state index contributed by atoms with van der Waals surface area (Å²) in [6.45, 7) is 10.3. The van der Waals surface area contributed by atoms with E-state index in [0.717, 1.165) is 25.9 Å². The van der Waals surface area contributed by atoms with Gasteiger partial charge in [0.1, 0.15) is 11.4 Å². The van der Waals surface area contributed by atoms with Crippen LogP contribution in [0.15, 0.2) is 0 Å². The van der Waals surface area contributed by atoms with Gasteiger partial charge in [0.15, 0.2) is 5.60 Å². The van der Waals surface area contributed by atoms with Crippen molar-refractivity contribution in [3.05, 3.63) is 0 Å². The van der Waals surface area contributed by atoms with Crippen molar-refractivity contribution in [3.63, 3.8) is 0 Å². The van der Waals surface area contributed by atoms with E-state index >= 15 is 0 Å². The number of ether oxygens (including phenoxy) is 2. The van der Waals surface area contributed by atoms with E-state index in [1.807, 2.05) is 20.8 Å². The van der Waals surface area contributed by atoms with Crippen molar-refractivity contribution in [2.45, 2.75) is 57.8 Å². The van der Waals surface area contributed by atoms with E-state index in [1.54, 1.807) is 6.92 Å². The van der Waals surface area contributed by atoms with E-state index < -0.39 is 17.2 Å². The van der Waals surface area contributed by atoms with Crippen LogP contribution in [0.3, 0.4) is 0 Å². The topological polar surface area (TPSA) is 93.9 Å². The predicted octanol–water partition coefficient (Wildman–Crippen LogP) is 0.315. The van der Waals surface area contributed by atoms with Crippen molar-refractivity contribution >= 4 is 11.8 Å². The number of ketones is 1. The molecule has 0 aromatic carbocycles. The van der Waals surface area contributed by atoms with Crippen molar-refractivity contribution in [2.75, 3.05) is 39.3 Å². The molecule has 2 rings (SSSR count). The summed E-state index contributed by atoms with van der Waals surface area (Å²) in [5.41, 5.74) is 4.11. The van der Waals surface area contributed by atoms with Gasteiger partial charge in [-0.3, -0.25) is 9.69 Å². The van der Waals surface area contributed by atoms with E-state index in [-0.39, 0.29) is 18.4 Å². The molecule has 0 saturated carbocycles. The predicted molar refractivity (Wildman–Crippen MR) is 95.2 cm³/mol. The zero-order valence-corrected chi connectivity index (χ0v) is 16.0. The molecule has 2 saturated heterocycles. The number of carbonyl (C=O) groups excluding carboxylic acids is 2. The molecule has 2 aliphatic rings. The number of morpholine rings is 1. The second-order valence-electron chi connectivity index (χ2n) is 8.16.